The zero-order chi connectivity index (χ0) is 20.7. The van der Waals surface area contributed by atoms with Crippen LogP contribution in [0.25, 0.3) is 22.2 Å². The molecule has 0 bridgehead atoms. The van der Waals surface area contributed by atoms with Crippen molar-refractivity contribution in [3.05, 3.63) is 83.4 Å². The second-order valence-corrected chi connectivity index (χ2v) is 7.41. The van der Waals surface area contributed by atoms with E-state index in [-0.39, 0.29) is 12.7 Å². The van der Waals surface area contributed by atoms with Crippen molar-refractivity contribution in [2.24, 2.45) is 0 Å². The van der Waals surface area contributed by atoms with Crippen molar-refractivity contribution in [2.75, 3.05) is 12.1 Å². The summed E-state index contributed by atoms with van der Waals surface area (Å²) in [4.78, 5) is 18.1. The lowest BCUT2D eigenvalue weighted by atomic mass is 9.99. The number of benzene rings is 3. The summed E-state index contributed by atoms with van der Waals surface area (Å²) in [7, 11) is 0. The molecular formula is C25H20N2O3. The fourth-order valence-electron chi connectivity index (χ4n) is 3.69. The molecule has 0 aliphatic carbocycles. The van der Waals surface area contributed by atoms with Gasteiger partial charge < -0.3 is 14.8 Å². The predicted molar refractivity (Wildman–Crippen MR) is 117 cm³/mol. The lowest BCUT2D eigenvalue weighted by molar-refractivity contribution is 0.102. The first-order valence-corrected chi connectivity index (χ1v) is 9.77. The second kappa shape index (κ2) is 7.19. The van der Waals surface area contributed by atoms with Gasteiger partial charge in [0, 0.05) is 22.7 Å². The van der Waals surface area contributed by atoms with Crippen LogP contribution in [-0.4, -0.2) is 17.7 Å². The largest absolute Gasteiger partial charge is 0.454 e. The summed E-state index contributed by atoms with van der Waals surface area (Å²) in [5.74, 6) is 1.11. The molecule has 0 saturated carbocycles. The first kappa shape index (κ1) is 18.2. The number of nitrogens with zero attached hydrogens (tertiary/aromatic N) is 1. The summed E-state index contributed by atoms with van der Waals surface area (Å²) in [5.41, 5.74) is 6.09. The van der Waals surface area contributed by atoms with Crippen LogP contribution in [0.4, 0.5) is 5.69 Å². The second-order valence-electron chi connectivity index (χ2n) is 7.41. The molecule has 1 aliphatic heterocycles. The molecule has 5 rings (SSSR count). The highest BCUT2D eigenvalue weighted by Gasteiger charge is 2.17. The van der Waals surface area contributed by atoms with Gasteiger partial charge in [0.15, 0.2) is 11.5 Å². The van der Waals surface area contributed by atoms with Gasteiger partial charge in [0.1, 0.15) is 0 Å². The van der Waals surface area contributed by atoms with Crippen molar-refractivity contribution in [3.8, 4) is 22.8 Å². The fourth-order valence-corrected chi connectivity index (χ4v) is 3.69. The van der Waals surface area contributed by atoms with Crippen molar-refractivity contribution in [3.63, 3.8) is 0 Å². The highest BCUT2D eigenvalue weighted by molar-refractivity contribution is 6.13. The number of para-hydroxylation sites is 1. The molecule has 5 heteroatoms. The van der Waals surface area contributed by atoms with Gasteiger partial charge in [-0.05, 0) is 49.7 Å². The van der Waals surface area contributed by atoms with Gasteiger partial charge in [0.2, 0.25) is 6.79 Å². The molecule has 1 amide bonds. The Balaban J connectivity index is 1.59. The number of hydrogen-bond donors (Lipinski definition) is 1. The SMILES string of the molecule is Cc1ccc(C)c(-c2cc(C(=O)Nc3ccc4c(c3)OCO4)c3ccccc3n2)c1. The van der Waals surface area contributed by atoms with Crippen LogP contribution in [0, 0.1) is 13.8 Å². The van der Waals surface area contributed by atoms with Crippen LogP contribution in [0.5, 0.6) is 11.5 Å². The topological polar surface area (TPSA) is 60.5 Å². The Morgan fingerprint density at radius 1 is 0.933 bits per heavy atom. The quantitative estimate of drug-likeness (QED) is 0.497. The fraction of sp³-hybridized carbons (Fsp3) is 0.120. The van der Waals surface area contributed by atoms with E-state index in [4.69, 9.17) is 14.5 Å². The summed E-state index contributed by atoms with van der Waals surface area (Å²) in [6, 6.07) is 21.2. The van der Waals surface area contributed by atoms with Gasteiger partial charge in [0.25, 0.3) is 5.91 Å². The first-order chi connectivity index (χ1) is 14.6. The van der Waals surface area contributed by atoms with E-state index in [1.54, 1.807) is 18.2 Å². The molecule has 148 valence electrons. The molecule has 2 heterocycles. The summed E-state index contributed by atoms with van der Waals surface area (Å²) in [5, 5.41) is 3.79. The van der Waals surface area contributed by atoms with Gasteiger partial charge in [-0.25, -0.2) is 4.98 Å². The van der Waals surface area contributed by atoms with E-state index in [0.717, 1.165) is 33.3 Å². The molecule has 0 atom stereocenters. The van der Waals surface area contributed by atoms with Crippen LogP contribution in [0.1, 0.15) is 21.5 Å². The van der Waals surface area contributed by atoms with E-state index in [0.29, 0.717) is 22.7 Å². The van der Waals surface area contributed by atoms with Gasteiger partial charge in [-0.2, -0.15) is 0 Å². The van der Waals surface area contributed by atoms with Gasteiger partial charge in [0.05, 0.1) is 16.8 Å². The molecule has 0 spiro atoms. The highest BCUT2D eigenvalue weighted by atomic mass is 16.7. The van der Waals surface area contributed by atoms with E-state index >= 15 is 0 Å². The standard InChI is InChI=1S/C25H20N2O3/c1-15-7-8-16(2)19(11-15)22-13-20(18-5-3-4-6-21(18)27-22)25(28)26-17-9-10-23-24(12-17)30-14-29-23/h3-13H,14H2,1-2H3,(H,26,28). The number of fused-ring (bicyclic) bond motifs is 2. The highest BCUT2D eigenvalue weighted by Crippen LogP contribution is 2.35. The van der Waals surface area contributed by atoms with Crippen molar-refractivity contribution in [1.82, 2.24) is 4.98 Å². The van der Waals surface area contributed by atoms with E-state index in [9.17, 15) is 4.79 Å². The molecular weight excluding hydrogens is 376 g/mol. The van der Waals surface area contributed by atoms with Crippen molar-refractivity contribution in [2.45, 2.75) is 13.8 Å². The normalized spacial score (nSPS) is 12.2. The van der Waals surface area contributed by atoms with Gasteiger partial charge in [-0.3, -0.25) is 4.79 Å². The van der Waals surface area contributed by atoms with Crippen molar-refractivity contribution >= 4 is 22.5 Å². The molecule has 0 radical (unpaired) electrons. The maximum absolute atomic E-state index is 13.3. The molecule has 4 aromatic rings. The first-order valence-electron chi connectivity index (χ1n) is 9.77. The van der Waals surface area contributed by atoms with Crippen LogP contribution in [0.2, 0.25) is 0 Å². The van der Waals surface area contributed by atoms with Gasteiger partial charge >= 0.3 is 0 Å². The van der Waals surface area contributed by atoms with E-state index in [1.165, 1.54) is 0 Å². The number of nitrogens with one attached hydrogen (secondary N) is 1. The zero-order valence-corrected chi connectivity index (χ0v) is 16.7. The minimum Gasteiger partial charge on any atom is -0.454 e. The molecule has 0 fully saturated rings. The van der Waals surface area contributed by atoms with E-state index < -0.39 is 0 Å². The number of aromatic nitrogens is 1. The Morgan fingerprint density at radius 2 is 1.77 bits per heavy atom. The Morgan fingerprint density at radius 3 is 2.67 bits per heavy atom. The lowest BCUT2D eigenvalue weighted by Gasteiger charge is -2.13. The van der Waals surface area contributed by atoms with Crippen LogP contribution in [0.15, 0.2) is 66.7 Å². The van der Waals surface area contributed by atoms with E-state index in [2.05, 4.69) is 37.4 Å². The number of rotatable bonds is 3. The predicted octanol–water partition coefficient (Wildman–Crippen LogP) is 5.50. The minimum atomic E-state index is -0.195. The molecule has 0 saturated heterocycles. The minimum absolute atomic E-state index is 0.195. The molecule has 5 nitrogen and oxygen atoms in total. The molecule has 1 aromatic heterocycles. The Labute approximate surface area is 174 Å². The number of aryl methyl sites for hydroxylation is 2. The van der Waals surface area contributed by atoms with Crippen LogP contribution in [-0.2, 0) is 0 Å². The average molecular weight is 396 g/mol. The Kier molecular flexibility index (Phi) is 4.36. The number of carbonyl (C=O) groups excluding carboxylic acids is 1. The van der Waals surface area contributed by atoms with Crippen LogP contribution < -0.4 is 14.8 Å². The number of pyridine rings is 1. The monoisotopic (exact) mass is 396 g/mol. The zero-order valence-electron chi connectivity index (χ0n) is 16.7. The number of carbonyl (C=O) groups is 1. The maximum atomic E-state index is 13.3. The smallest absolute Gasteiger partial charge is 0.256 e. The Bertz CT molecular complexity index is 1300. The summed E-state index contributed by atoms with van der Waals surface area (Å²) < 4.78 is 10.8. The third-order valence-electron chi connectivity index (χ3n) is 5.26. The number of anilines is 1. The lowest BCUT2D eigenvalue weighted by Crippen LogP contribution is -2.13. The third kappa shape index (κ3) is 3.24. The molecule has 30 heavy (non-hydrogen) atoms. The molecule has 3 aromatic carbocycles. The summed E-state index contributed by atoms with van der Waals surface area (Å²) in [6.45, 7) is 4.30. The number of amides is 1. The molecule has 1 N–H and O–H groups in total. The molecule has 1 aliphatic rings. The maximum Gasteiger partial charge on any atom is 0.256 e. The molecule has 0 unspecified atom stereocenters. The van der Waals surface area contributed by atoms with E-state index in [1.807, 2.05) is 30.3 Å². The number of ether oxygens (including phenoxy) is 2. The number of hydrogen-bond acceptors (Lipinski definition) is 4. The van der Waals surface area contributed by atoms with Crippen molar-refractivity contribution in [1.29, 1.82) is 0 Å². The average Bonchev–Trinajstić information content (AvgIpc) is 3.22. The van der Waals surface area contributed by atoms with Gasteiger partial charge in [-0.1, -0.05) is 35.9 Å². The van der Waals surface area contributed by atoms with Crippen LogP contribution in [0.3, 0.4) is 0 Å². The van der Waals surface area contributed by atoms with Crippen molar-refractivity contribution < 1.29 is 14.3 Å². The van der Waals surface area contributed by atoms with Gasteiger partial charge in [-0.15, -0.1) is 0 Å². The Hall–Kier alpha value is -3.86. The summed E-state index contributed by atoms with van der Waals surface area (Å²) >= 11 is 0. The van der Waals surface area contributed by atoms with Crippen LogP contribution >= 0.6 is 0 Å². The third-order valence-corrected chi connectivity index (χ3v) is 5.26. The summed E-state index contributed by atoms with van der Waals surface area (Å²) in [6.07, 6.45) is 0.